The molecule has 2 atom stereocenters. The van der Waals surface area contributed by atoms with E-state index in [2.05, 4.69) is 4.90 Å². The van der Waals surface area contributed by atoms with E-state index >= 15 is 0 Å². The first-order valence-electron chi connectivity index (χ1n) is 9.55. The minimum atomic E-state index is -1.53. The van der Waals surface area contributed by atoms with E-state index in [4.69, 9.17) is 19.2 Å². The number of methoxy groups -OCH3 is 1. The molecular weight excluding hydrogens is 350 g/mol. The highest BCUT2D eigenvalue weighted by Crippen LogP contribution is 2.54. The molecular formula is C20H31NO6. The molecule has 0 aromatic carbocycles. The molecule has 1 saturated carbocycles. The summed E-state index contributed by atoms with van der Waals surface area (Å²) in [6.07, 6.45) is 2.46. The van der Waals surface area contributed by atoms with E-state index in [9.17, 15) is 9.59 Å². The molecule has 0 spiro atoms. The van der Waals surface area contributed by atoms with Crippen molar-refractivity contribution < 1.29 is 28.8 Å². The van der Waals surface area contributed by atoms with Crippen LogP contribution >= 0.6 is 0 Å². The van der Waals surface area contributed by atoms with Crippen LogP contribution in [0.3, 0.4) is 0 Å². The Labute approximate surface area is 160 Å². The minimum absolute atomic E-state index is 0.223. The Morgan fingerprint density at radius 1 is 1.07 bits per heavy atom. The van der Waals surface area contributed by atoms with Crippen molar-refractivity contribution in [1.82, 2.24) is 4.90 Å². The second-order valence-electron chi connectivity index (χ2n) is 8.97. The summed E-state index contributed by atoms with van der Waals surface area (Å²) in [5.41, 5.74) is -2.62. The zero-order chi connectivity index (χ0) is 20.1. The Hall–Kier alpha value is -1.12. The van der Waals surface area contributed by atoms with Gasteiger partial charge in [0.15, 0.2) is 11.6 Å². The van der Waals surface area contributed by atoms with Crippen molar-refractivity contribution in [3.63, 3.8) is 0 Å². The molecule has 1 aliphatic carbocycles. The van der Waals surface area contributed by atoms with Crippen LogP contribution in [0.4, 0.5) is 0 Å². The van der Waals surface area contributed by atoms with Crippen molar-refractivity contribution in [2.75, 3.05) is 40.0 Å². The van der Waals surface area contributed by atoms with E-state index in [-0.39, 0.29) is 11.6 Å². The van der Waals surface area contributed by atoms with Crippen molar-refractivity contribution in [2.45, 2.75) is 52.4 Å². The molecule has 3 rings (SSSR count). The zero-order valence-electron chi connectivity index (χ0n) is 17.2. The second-order valence-corrected chi connectivity index (χ2v) is 8.97. The van der Waals surface area contributed by atoms with Crippen LogP contribution in [0.2, 0.25) is 0 Å². The molecule has 0 bridgehead atoms. The molecule has 7 heteroatoms. The summed E-state index contributed by atoms with van der Waals surface area (Å²) in [5.74, 6) is -2.02. The second kappa shape index (κ2) is 6.74. The van der Waals surface area contributed by atoms with Crippen molar-refractivity contribution >= 4 is 11.6 Å². The number of carbonyl (C=O) groups is 2. The Bertz CT molecular complexity index is 663. The maximum atomic E-state index is 13.2. The number of ketones is 2. The number of ether oxygens (including phenoxy) is 2. The fourth-order valence-corrected chi connectivity index (χ4v) is 4.37. The molecule has 0 aromatic heterocycles. The largest absolute Gasteiger partial charge is 0.379 e. The zero-order valence-corrected chi connectivity index (χ0v) is 17.2. The average molecular weight is 381 g/mol. The molecule has 7 nitrogen and oxygen atoms in total. The highest BCUT2D eigenvalue weighted by molar-refractivity contribution is 6.19. The standard InChI is InChI=1S/C20H31NO6/c1-17(2)15(22)14-13-19(5,7-8-21-9-11-25-12-10-21)26-27-20(14,24-6)18(3,4)16(17)23/h13H,7-12H2,1-6H3/t19-,20-/m1/s1. The van der Waals surface area contributed by atoms with Crippen molar-refractivity contribution in [1.29, 1.82) is 0 Å². The normalized spacial score (nSPS) is 36.3. The summed E-state index contributed by atoms with van der Waals surface area (Å²) < 4.78 is 11.0. The van der Waals surface area contributed by atoms with E-state index in [0.717, 1.165) is 32.8 Å². The number of carbonyl (C=O) groups excluding carboxylic acids is 2. The van der Waals surface area contributed by atoms with E-state index in [1.54, 1.807) is 33.8 Å². The third-order valence-corrected chi connectivity index (χ3v) is 6.24. The monoisotopic (exact) mass is 381 g/mol. The van der Waals surface area contributed by atoms with Crippen LogP contribution in [-0.2, 0) is 28.8 Å². The molecule has 0 radical (unpaired) electrons. The van der Waals surface area contributed by atoms with Crippen LogP contribution in [0.1, 0.15) is 41.0 Å². The molecule has 2 fully saturated rings. The Morgan fingerprint density at radius 2 is 1.70 bits per heavy atom. The van der Waals surface area contributed by atoms with Crippen LogP contribution in [0.5, 0.6) is 0 Å². The van der Waals surface area contributed by atoms with Gasteiger partial charge in [0, 0.05) is 26.7 Å². The summed E-state index contributed by atoms with van der Waals surface area (Å²) in [6.45, 7) is 12.7. The molecule has 0 amide bonds. The lowest BCUT2D eigenvalue weighted by Crippen LogP contribution is -2.67. The van der Waals surface area contributed by atoms with Gasteiger partial charge < -0.3 is 9.47 Å². The third-order valence-electron chi connectivity index (χ3n) is 6.24. The summed E-state index contributed by atoms with van der Waals surface area (Å²) >= 11 is 0. The predicted octanol–water partition coefficient (Wildman–Crippen LogP) is 1.90. The van der Waals surface area contributed by atoms with Crippen molar-refractivity contribution in [2.24, 2.45) is 10.8 Å². The number of rotatable bonds is 4. The summed E-state index contributed by atoms with van der Waals surface area (Å²) in [4.78, 5) is 40.0. The smallest absolute Gasteiger partial charge is 0.242 e. The minimum Gasteiger partial charge on any atom is -0.379 e. The number of hydrogen-bond donors (Lipinski definition) is 0. The Morgan fingerprint density at radius 3 is 2.30 bits per heavy atom. The number of nitrogens with zero attached hydrogens (tertiary/aromatic N) is 1. The van der Waals surface area contributed by atoms with E-state index in [1.165, 1.54) is 7.11 Å². The first kappa shape index (κ1) is 20.6. The molecule has 0 aromatic rings. The van der Waals surface area contributed by atoms with Crippen molar-refractivity contribution in [3.8, 4) is 0 Å². The quantitative estimate of drug-likeness (QED) is 0.544. The predicted molar refractivity (Wildman–Crippen MR) is 97.9 cm³/mol. The molecule has 0 N–H and O–H groups in total. The molecule has 1 saturated heterocycles. The maximum Gasteiger partial charge on any atom is 0.242 e. The average Bonchev–Trinajstić information content (AvgIpc) is 2.65. The van der Waals surface area contributed by atoms with Gasteiger partial charge in [-0.1, -0.05) is 0 Å². The molecule has 3 aliphatic rings. The summed E-state index contributed by atoms with van der Waals surface area (Å²) in [6, 6.07) is 0. The van der Waals surface area contributed by atoms with Gasteiger partial charge in [-0.2, -0.15) is 4.89 Å². The van der Waals surface area contributed by atoms with Gasteiger partial charge in [-0.3, -0.25) is 14.5 Å². The number of Topliss-reactive ketones (excluding diaryl/α,β-unsaturated/α-hetero) is 2. The molecule has 27 heavy (non-hydrogen) atoms. The molecule has 2 aliphatic heterocycles. The number of fused-ring (bicyclic) bond motifs is 1. The lowest BCUT2D eigenvalue weighted by Gasteiger charge is -2.54. The fraction of sp³-hybridized carbons (Fsp3) is 0.800. The highest BCUT2D eigenvalue weighted by atomic mass is 17.2. The summed E-state index contributed by atoms with van der Waals surface area (Å²) in [7, 11) is 1.44. The van der Waals surface area contributed by atoms with Crippen LogP contribution < -0.4 is 0 Å². The van der Waals surface area contributed by atoms with Gasteiger partial charge in [0.05, 0.1) is 29.6 Å². The van der Waals surface area contributed by atoms with Crippen LogP contribution in [0, 0.1) is 10.8 Å². The van der Waals surface area contributed by atoms with E-state index < -0.39 is 22.2 Å². The third kappa shape index (κ3) is 3.09. The van der Waals surface area contributed by atoms with Gasteiger partial charge in [-0.15, -0.1) is 0 Å². The Kier molecular flexibility index (Phi) is 5.15. The number of hydrogen-bond acceptors (Lipinski definition) is 7. The molecule has 0 unspecified atom stereocenters. The molecule has 152 valence electrons. The van der Waals surface area contributed by atoms with Gasteiger partial charge in [0.1, 0.15) is 5.60 Å². The van der Waals surface area contributed by atoms with Gasteiger partial charge in [-0.05, 0) is 47.1 Å². The van der Waals surface area contributed by atoms with E-state index in [1.807, 2.05) is 6.92 Å². The van der Waals surface area contributed by atoms with Gasteiger partial charge in [0.25, 0.3) is 0 Å². The first-order valence-corrected chi connectivity index (χ1v) is 9.55. The van der Waals surface area contributed by atoms with Gasteiger partial charge in [-0.25, -0.2) is 4.89 Å². The van der Waals surface area contributed by atoms with Crippen LogP contribution in [0.15, 0.2) is 11.6 Å². The van der Waals surface area contributed by atoms with Crippen molar-refractivity contribution in [3.05, 3.63) is 11.6 Å². The first-order chi connectivity index (χ1) is 12.5. The lowest BCUT2D eigenvalue weighted by molar-refractivity contribution is -0.469. The fourth-order valence-electron chi connectivity index (χ4n) is 4.37. The molecule has 2 heterocycles. The SMILES string of the molecule is CO[C@@]12OO[C@](C)(CCN3CCOCC3)C=C1C(=O)C(C)(C)C(=O)C2(C)C. The summed E-state index contributed by atoms with van der Waals surface area (Å²) in [5, 5.41) is 0. The van der Waals surface area contributed by atoms with E-state index in [0.29, 0.717) is 12.0 Å². The van der Waals surface area contributed by atoms with Gasteiger partial charge >= 0.3 is 0 Å². The number of morpholine rings is 1. The topological polar surface area (TPSA) is 74.3 Å². The maximum absolute atomic E-state index is 13.2. The van der Waals surface area contributed by atoms with Crippen LogP contribution in [-0.4, -0.2) is 67.8 Å². The lowest BCUT2D eigenvalue weighted by atomic mass is 9.57. The van der Waals surface area contributed by atoms with Crippen LogP contribution in [0.25, 0.3) is 0 Å². The highest BCUT2D eigenvalue weighted by Gasteiger charge is 2.68. The Balaban J connectivity index is 1.93. The van der Waals surface area contributed by atoms with Gasteiger partial charge in [0.2, 0.25) is 5.79 Å².